The van der Waals surface area contributed by atoms with Crippen molar-refractivity contribution in [3.63, 3.8) is 0 Å². The number of amides is 1. The number of allylic oxidation sites excluding steroid dienone is 1. The van der Waals surface area contributed by atoms with Crippen LogP contribution in [-0.2, 0) is 0 Å². The lowest BCUT2D eigenvalue weighted by atomic mass is 10.0. The Morgan fingerprint density at radius 1 is 1.00 bits per heavy atom. The molecular formula is C18H17NO3. The fourth-order valence-electron chi connectivity index (χ4n) is 2.15. The molecule has 112 valence electrons. The Labute approximate surface area is 128 Å². The maximum Gasteiger partial charge on any atom is 0.248 e. The number of ketones is 1. The highest BCUT2D eigenvalue weighted by Gasteiger charge is 2.05. The van der Waals surface area contributed by atoms with Crippen LogP contribution in [0.25, 0.3) is 6.08 Å². The molecule has 0 unspecified atom stereocenters. The van der Waals surface area contributed by atoms with Gasteiger partial charge in [-0.2, -0.15) is 0 Å². The monoisotopic (exact) mass is 295 g/mol. The molecule has 4 heteroatoms. The fraction of sp³-hybridized carbons (Fsp3) is 0.111. The van der Waals surface area contributed by atoms with Crippen LogP contribution in [0.4, 0.5) is 0 Å². The highest BCUT2D eigenvalue weighted by molar-refractivity contribution is 6.07. The number of nitrogens with two attached hydrogens (primary N) is 1. The summed E-state index contributed by atoms with van der Waals surface area (Å²) in [6, 6.07) is 9.81. The smallest absolute Gasteiger partial charge is 0.248 e. The van der Waals surface area contributed by atoms with E-state index in [1.165, 1.54) is 18.2 Å². The SMILES string of the molecule is Cc1cc(C=CC(=O)c2ccc(C(N)=O)cc2)cc(C)c1O. The van der Waals surface area contributed by atoms with E-state index >= 15 is 0 Å². The Morgan fingerprint density at radius 2 is 1.50 bits per heavy atom. The Bertz CT molecular complexity index is 735. The van der Waals surface area contributed by atoms with E-state index < -0.39 is 5.91 Å². The molecule has 0 bridgehead atoms. The first-order valence-corrected chi connectivity index (χ1v) is 6.81. The van der Waals surface area contributed by atoms with Gasteiger partial charge in [0.15, 0.2) is 5.78 Å². The van der Waals surface area contributed by atoms with Crippen molar-refractivity contribution >= 4 is 17.8 Å². The quantitative estimate of drug-likeness (QED) is 0.672. The molecule has 0 aliphatic rings. The van der Waals surface area contributed by atoms with Gasteiger partial charge in [-0.05, 0) is 60.9 Å². The van der Waals surface area contributed by atoms with E-state index in [1.54, 1.807) is 18.2 Å². The lowest BCUT2D eigenvalue weighted by Crippen LogP contribution is -2.10. The largest absolute Gasteiger partial charge is 0.507 e. The van der Waals surface area contributed by atoms with Crippen LogP contribution >= 0.6 is 0 Å². The van der Waals surface area contributed by atoms with Crippen molar-refractivity contribution < 1.29 is 14.7 Å². The molecular weight excluding hydrogens is 278 g/mol. The standard InChI is InChI=1S/C18H17NO3/c1-11-9-13(10-12(2)17(11)21)3-8-16(20)14-4-6-15(7-5-14)18(19)22/h3-10,21H,1-2H3,(H2,19,22). The third-order valence-electron chi connectivity index (χ3n) is 3.39. The highest BCUT2D eigenvalue weighted by atomic mass is 16.3. The van der Waals surface area contributed by atoms with Gasteiger partial charge >= 0.3 is 0 Å². The van der Waals surface area contributed by atoms with Crippen LogP contribution in [-0.4, -0.2) is 16.8 Å². The molecule has 0 heterocycles. The molecule has 0 aliphatic heterocycles. The van der Waals surface area contributed by atoms with E-state index in [2.05, 4.69) is 0 Å². The molecule has 0 aliphatic carbocycles. The van der Waals surface area contributed by atoms with Crippen LogP contribution in [0.3, 0.4) is 0 Å². The van der Waals surface area contributed by atoms with Crippen molar-refractivity contribution in [2.45, 2.75) is 13.8 Å². The molecule has 2 rings (SSSR count). The summed E-state index contributed by atoms with van der Waals surface area (Å²) in [5.41, 5.74) is 8.37. The molecule has 0 saturated carbocycles. The number of aryl methyl sites for hydroxylation is 2. The zero-order valence-electron chi connectivity index (χ0n) is 12.5. The van der Waals surface area contributed by atoms with E-state index in [1.807, 2.05) is 26.0 Å². The van der Waals surface area contributed by atoms with E-state index in [-0.39, 0.29) is 11.5 Å². The van der Waals surface area contributed by atoms with Gasteiger partial charge in [0.05, 0.1) is 0 Å². The van der Waals surface area contributed by atoms with Gasteiger partial charge in [-0.3, -0.25) is 9.59 Å². The van der Waals surface area contributed by atoms with E-state index in [4.69, 9.17) is 5.73 Å². The molecule has 2 aromatic rings. The van der Waals surface area contributed by atoms with Crippen LogP contribution in [0.15, 0.2) is 42.5 Å². The van der Waals surface area contributed by atoms with E-state index in [0.29, 0.717) is 11.1 Å². The third kappa shape index (κ3) is 3.41. The lowest BCUT2D eigenvalue weighted by Gasteiger charge is -2.04. The zero-order chi connectivity index (χ0) is 16.3. The van der Waals surface area contributed by atoms with Crippen LogP contribution in [0, 0.1) is 13.8 Å². The van der Waals surface area contributed by atoms with Crippen LogP contribution in [0.1, 0.15) is 37.4 Å². The third-order valence-corrected chi connectivity index (χ3v) is 3.39. The topological polar surface area (TPSA) is 80.4 Å². The van der Waals surface area contributed by atoms with Gasteiger partial charge in [0, 0.05) is 11.1 Å². The molecule has 0 aromatic heterocycles. The number of aromatic hydroxyl groups is 1. The molecule has 1 amide bonds. The van der Waals surface area contributed by atoms with Gasteiger partial charge in [-0.15, -0.1) is 0 Å². The maximum atomic E-state index is 12.1. The predicted octanol–water partition coefficient (Wildman–Crippen LogP) is 3.00. The molecule has 4 nitrogen and oxygen atoms in total. The van der Waals surface area contributed by atoms with E-state index in [9.17, 15) is 14.7 Å². The van der Waals surface area contributed by atoms with E-state index in [0.717, 1.165) is 16.7 Å². The van der Waals surface area contributed by atoms with Gasteiger partial charge in [-0.1, -0.05) is 18.2 Å². The highest BCUT2D eigenvalue weighted by Crippen LogP contribution is 2.23. The Morgan fingerprint density at radius 3 is 2.00 bits per heavy atom. The normalized spacial score (nSPS) is 10.8. The van der Waals surface area contributed by atoms with Crippen LogP contribution in [0.5, 0.6) is 5.75 Å². The Kier molecular flexibility index (Phi) is 4.41. The lowest BCUT2D eigenvalue weighted by molar-refractivity contribution is 0.0997. The molecule has 0 saturated heterocycles. The van der Waals surface area contributed by atoms with Gasteiger partial charge in [0.25, 0.3) is 0 Å². The number of rotatable bonds is 4. The second-order valence-electron chi connectivity index (χ2n) is 5.14. The molecule has 0 radical (unpaired) electrons. The minimum atomic E-state index is -0.524. The molecule has 0 atom stereocenters. The summed E-state index contributed by atoms with van der Waals surface area (Å²) in [5, 5.41) is 9.73. The number of benzene rings is 2. The second-order valence-corrected chi connectivity index (χ2v) is 5.14. The minimum Gasteiger partial charge on any atom is -0.507 e. The molecule has 2 aromatic carbocycles. The Balaban J connectivity index is 2.19. The van der Waals surface area contributed by atoms with Crippen molar-refractivity contribution in [1.29, 1.82) is 0 Å². The number of phenols is 1. The number of hydrogen-bond acceptors (Lipinski definition) is 3. The number of carbonyl (C=O) groups is 2. The zero-order valence-corrected chi connectivity index (χ0v) is 12.5. The van der Waals surface area contributed by atoms with Crippen molar-refractivity contribution in [2.24, 2.45) is 5.73 Å². The van der Waals surface area contributed by atoms with Crippen molar-refractivity contribution in [3.05, 3.63) is 70.3 Å². The van der Waals surface area contributed by atoms with Gasteiger partial charge in [-0.25, -0.2) is 0 Å². The summed E-state index contributed by atoms with van der Waals surface area (Å²) in [5.74, 6) is -0.422. The molecule has 0 fully saturated rings. The first kappa shape index (κ1) is 15.5. The summed E-state index contributed by atoms with van der Waals surface area (Å²) < 4.78 is 0. The van der Waals surface area contributed by atoms with Gasteiger partial charge in [0.2, 0.25) is 5.91 Å². The summed E-state index contributed by atoms with van der Waals surface area (Å²) >= 11 is 0. The molecule has 22 heavy (non-hydrogen) atoms. The van der Waals surface area contributed by atoms with Gasteiger partial charge < -0.3 is 10.8 Å². The summed E-state index contributed by atoms with van der Waals surface area (Å²) in [7, 11) is 0. The van der Waals surface area contributed by atoms with Gasteiger partial charge in [0.1, 0.15) is 5.75 Å². The number of phenolic OH excluding ortho intramolecular Hbond substituents is 1. The van der Waals surface area contributed by atoms with Crippen molar-refractivity contribution in [1.82, 2.24) is 0 Å². The predicted molar refractivity (Wildman–Crippen MR) is 85.9 cm³/mol. The number of carbonyl (C=O) groups excluding carboxylic acids is 2. The number of hydrogen-bond donors (Lipinski definition) is 2. The molecule has 0 spiro atoms. The number of primary amides is 1. The minimum absolute atomic E-state index is 0.167. The summed E-state index contributed by atoms with van der Waals surface area (Å²) in [6.07, 6.45) is 3.16. The average Bonchev–Trinajstić information content (AvgIpc) is 2.50. The summed E-state index contributed by atoms with van der Waals surface area (Å²) in [6.45, 7) is 3.62. The summed E-state index contributed by atoms with van der Waals surface area (Å²) in [4.78, 5) is 23.1. The van der Waals surface area contributed by atoms with Crippen LogP contribution in [0.2, 0.25) is 0 Å². The second kappa shape index (κ2) is 6.26. The average molecular weight is 295 g/mol. The first-order valence-electron chi connectivity index (χ1n) is 6.81. The first-order chi connectivity index (χ1) is 10.4. The maximum absolute atomic E-state index is 12.1. The Hall–Kier alpha value is -2.88. The fourth-order valence-corrected chi connectivity index (χ4v) is 2.15. The molecule has 3 N–H and O–H groups in total. The van der Waals surface area contributed by atoms with Crippen LogP contribution < -0.4 is 5.73 Å². The van der Waals surface area contributed by atoms with Crippen molar-refractivity contribution in [2.75, 3.05) is 0 Å². The van der Waals surface area contributed by atoms with Crippen molar-refractivity contribution in [3.8, 4) is 5.75 Å².